The highest BCUT2D eigenvalue weighted by molar-refractivity contribution is 6.04. The summed E-state index contributed by atoms with van der Waals surface area (Å²) in [4.78, 5) is 28.6. The molecule has 0 unspecified atom stereocenters. The third kappa shape index (κ3) is 2.87. The smallest absolute Gasteiger partial charge is 0.328 e. The molecule has 0 N–H and O–H groups in total. The molecule has 0 saturated carbocycles. The van der Waals surface area contributed by atoms with Crippen LogP contribution in [0.4, 0.5) is 4.79 Å². The fraction of sp³-hybridized carbons (Fsp3) is 0.300. The molecule has 1 saturated heterocycles. The Hall–Kier alpha value is -3.02. The maximum absolute atomic E-state index is 12.9. The van der Waals surface area contributed by atoms with E-state index in [9.17, 15) is 9.59 Å². The van der Waals surface area contributed by atoms with Crippen LogP contribution in [0.25, 0.3) is 0 Å². The average molecular weight is 352 g/mol. The van der Waals surface area contributed by atoms with Crippen LogP contribution in [0.2, 0.25) is 0 Å². The SMILES string of the molecule is CC[C@H]1C(=O)N(Cc2ccccc2)C(=O)N1Cc1ccc2c(c1)OCO2. The molecule has 0 spiro atoms. The number of imide groups is 1. The summed E-state index contributed by atoms with van der Waals surface area (Å²) in [5.74, 6) is 1.24. The molecule has 2 aliphatic rings. The highest BCUT2D eigenvalue weighted by Gasteiger charge is 2.43. The van der Waals surface area contributed by atoms with Crippen LogP contribution in [0.5, 0.6) is 11.5 Å². The minimum absolute atomic E-state index is 0.137. The van der Waals surface area contributed by atoms with Crippen molar-refractivity contribution in [2.45, 2.75) is 32.5 Å². The van der Waals surface area contributed by atoms with Gasteiger partial charge in [-0.05, 0) is 29.7 Å². The number of urea groups is 1. The number of amides is 3. The fourth-order valence-corrected chi connectivity index (χ4v) is 3.42. The van der Waals surface area contributed by atoms with E-state index in [4.69, 9.17) is 9.47 Å². The van der Waals surface area contributed by atoms with Crippen LogP contribution in [0, 0.1) is 0 Å². The Morgan fingerprint density at radius 1 is 0.962 bits per heavy atom. The lowest BCUT2D eigenvalue weighted by atomic mass is 10.1. The maximum Gasteiger partial charge on any atom is 0.328 e. The van der Waals surface area contributed by atoms with Crippen LogP contribution >= 0.6 is 0 Å². The zero-order valence-electron chi connectivity index (χ0n) is 14.6. The van der Waals surface area contributed by atoms with Gasteiger partial charge in [0, 0.05) is 6.54 Å². The van der Waals surface area contributed by atoms with E-state index in [-0.39, 0.29) is 18.7 Å². The Balaban J connectivity index is 1.55. The van der Waals surface area contributed by atoms with Crippen molar-refractivity contribution in [1.29, 1.82) is 0 Å². The monoisotopic (exact) mass is 352 g/mol. The summed E-state index contributed by atoms with van der Waals surface area (Å²) in [6, 6.07) is 14.5. The molecular formula is C20H20N2O4. The van der Waals surface area contributed by atoms with Crippen LogP contribution in [-0.2, 0) is 17.9 Å². The summed E-state index contributed by atoms with van der Waals surface area (Å²) in [6.45, 7) is 2.80. The number of fused-ring (bicyclic) bond motifs is 1. The number of nitrogens with zero attached hydrogens (tertiary/aromatic N) is 2. The molecule has 2 aromatic rings. The highest BCUT2D eigenvalue weighted by atomic mass is 16.7. The third-order valence-electron chi connectivity index (χ3n) is 4.76. The molecule has 6 heteroatoms. The predicted octanol–water partition coefficient (Wildman–Crippen LogP) is 3.16. The van der Waals surface area contributed by atoms with Crippen LogP contribution < -0.4 is 9.47 Å². The minimum Gasteiger partial charge on any atom is -0.454 e. The van der Waals surface area contributed by atoms with Crippen LogP contribution in [0.1, 0.15) is 24.5 Å². The van der Waals surface area contributed by atoms with Crippen molar-refractivity contribution in [3.05, 3.63) is 59.7 Å². The molecule has 6 nitrogen and oxygen atoms in total. The number of ether oxygens (including phenoxy) is 2. The van der Waals surface area contributed by atoms with E-state index in [1.165, 1.54) is 4.90 Å². The van der Waals surface area contributed by atoms with E-state index < -0.39 is 6.04 Å². The van der Waals surface area contributed by atoms with Crippen LogP contribution in [0.3, 0.4) is 0 Å². The van der Waals surface area contributed by atoms with E-state index in [0.717, 1.165) is 11.1 Å². The van der Waals surface area contributed by atoms with Gasteiger partial charge in [0.2, 0.25) is 6.79 Å². The molecule has 0 aliphatic carbocycles. The predicted molar refractivity (Wildman–Crippen MR) is 94.6 cm³/mol. The quantitative estimate of drug-likeness (QED) is 0.776. The molecule has 26 heavy (non-hydrogen) atoms. The Bertz CT molecular complexity index is 837. The molecule has 2 heterocycles. The van der Waals surface area contributed by atoms with Gasteiger partial charge in [0.05, 0.1) is 6.54 Å². The highest BCUT2D eigenvalue weighted by Crippen LogP contribution is 2.33. The summed E-state index contributed by atoms with van der Waals surface area (Å²) in [5, 5.41) is 0. The fourth-order valence-electron chi connectivity index (χ4n) is 3.42. The normalized spacial score (nSPS) is 18.7. The zero-order valence-corrected chi connectivity index (χ0v) is 14.6. The van der Waals surface area contributed by atoms with Gasteiger partial charge in [0.25, 0.3) is 5.91 Å². The lowest BCUT2D eigenvalue weighted by Gasteiger charge is -2.21. The number of carbonyl (C=O) groups is 2. The van der Waals surface area contributed by atoms with E-state index in [1.54, 1.807) is 4.90 Å². The van der Waals surface area contributed by atoms with Gasteiger partial charge in [-0.1, -0.05) is 43.3 Å². The van der Waals surface area contributed by atoms with Gasteiger partial charge in [0.15, 0.2) is 11.5 Å². The summed E-state index contributed by atoms with van der Waals surface area (Å²) in [6.07, 6.45) is 0.584. The Labute approximate surface area is 151 Å². The maximum atomic E-state index is 12.9. The summed E-state index contributed by atoms with van der Waals surface area (Å²) in [7, 11) is 0. The van der Waals surface area contributed by atoms with Crippen molar-refractivity contribution in [3.63, 3.8) is 0 Å². The number of benzene rings is 2. The molecule has 1 fully saturated rings. The molecule has 2 aromatic carbocycles. The Morgan fingerprint density at radius 2 is 1.73 bits per heavy atom. The first-order valence-electron chi connectivity index (χ1n) is 8.72. The van der Waals surface area contributed by atoms with Crippen molar-refractivity contribution >= 4 is 11.9 Å². The number of rotatable bonds is 5. The van der Waals surface area contributed by atoms with E-state index >= 15 is 0 Å². The zero-order chi connectivity index (χ0) is 18.1. The largest absolute Gasteiger partial charge is 0.454 e. The van der Waals surface area contributed by atoms with Gasteiger partial charge in [-0.2, -0.15) is 0 Å². The number of hydrogen-bond acceptors (Lipinski definition) is 4. The number of hydrogen-bond donors (Lipinski definition) is 0. The second kappa shape index (κ2) is 6.71. The van der Waals surface area contributed by atoms with Gasteiger partial charge in [-0.15, -0.1) is 0 Å². The molecule has 134 valence electrons. The van der Waals surface area contributed by atoms with Gasteiger partial charge in [-0.3, -0.25) is 9.69 Å². The Morgan fingerprint density at radius 3 is 2.50 bits per heavy atom. The first-order valence-corrected chi connectivity index (χ1v) is 8.72. The second-order valence-corrected chi connectivity index (χ2v) is 6.43. The molecule has 0 bridgehead atoms. The van der Waals surface area contributed by atoms with Crippen LogP contribution in [-0.4, -0.2) is 34.6 Å². The van der Waals surface area contributed by atoms with Crippen molar-refractivity contribution in [2.75, 3.05) is 6.79 Å². The number of carbonyl (C=O) groups excluding carboxylic acids is 2. The van der Waals surface area contributed by atoms with Crippen molar-refractivity contribution in [2.24, 2.45) is 0 Å². The van der Waals surface area contributed by atoms with Gasteiger partial charge < -0.3 is 14.4 Å². The summed E-state index contributed by atoms with van der Waals surface area (Å²) >= 11 is 0. The van der Waals surface area contributed by atoms with Crippen molar-refractivity contribution in [1.82, 2.24) is 9.80 Å². The molecule has 4 rings (SSSR count). The summed E-state index contributed by atoms with van der Waals surface area (Å²) < 4.78 is 10.7. The minimum atomic E-state index is -0.434. The van der Waals surface area contributed by atoms with Crippen molar-refractivity contribution in [3.8, 4) is 11.5 Å². The molecule has 0 radical (unpaired) electrons. The summed E-state index contributed by atoms with van der Waals surface area (Å²) in [5.41, 5.74) is 1.85. The van der Waals surface area contributed by atoms with E-state index in [2.05, 4.69) is 0 Å². The standard InChI is InChI=1S/C20H20N2O4/c1-2-16-19(23)22(11-14-6-4-3-5-7-14)20(24)21(16)12-15-8-9-17-18(10-15)26-13-25-17/h3-10,16H,2,11-13H2,1H3/t16-/m0/s1. The first-order chi connectivity index (χ1) is 12.7. The van der Waals surface area contributed by atoms with Crippen molar-refractivity contribution < 1.29 is 19.1 Å². The third-order valence-corrected chi connectivity index (χ3v) is 4.76. The van der Waals surface area contributed by atoms with Gasteiger partial charge in [-0.25, -0.2) is 4.79 Å². The molecule has 0 aromatic heterocycles. The first kappa shape index (κ1) is 16.4. The van der Waals surface area contributed by atoms with E-state index in [1.807, 2.05) is 55.5 Å². The molecule has 2 aliphatic heterocycles. The lowest BCUT2D eigenvalue weighted by molar-refractivity contribution is -0.128. The lowest BCUT2D eigenvalue weighted by Crippen LogP contribution is -2.34. The van der Waals surface area contributed by atoms with Gasteiger partial charge in [0.1, 0.15) is 6.04 Å². The second-order valence-electron chi connectivity index (χ2n) is 6.43. The molecule has 1 atom stereocenters. The average Bonchev–Trinajstić information content (AvgIpc) is 3.21. The molecule has 3 amide bonds. The topological polar surface area (TPSA) is 59.1 Å². The Kier molecular flexibility index (Phi) is 4.24. The van der Waals surface area contributed by atoms with Crippen LogP contribution in [0.15, 0.2) is 48.5 Å². The molecular weight excluding hydrogens is 332 g/mol. The van der Waals surface area contributed by atoms with E-state index in [0.29, 0.717) is 31.0 Å². The van der Waals surface area contributed by atoms with Gasteiger partial charge >= 0.3 is 6.03 Å².